The highest BCUT2D eigenvalue weighted by Gasteiger charge is 2.27. The molecule has 0 saturated carbocycles. The Bertz CT molecular complexity index is 558. The normalized spacial score (nSPS) is 21.7. The van der Waals surface area contributed by atoms with Crippen LogP contribution < -0.4 is 5.32 Å². The van der Waals surface area contributed by atoms with Gasteiger partial charge < -0.3 is 10.4 Å². The molecule has 0 radical (unpaired) electrons. The molecule has 0 aliphatic carbocycles. The summed E-state index contributed by atoms with van der Waals surface area (Å²) >= 11 is 0. The van der Waals surface area contributed by atoms with E-state index in [0.717, 1.165) is 0 Å². The van der Waals surface area contributed by atoms with E-state index in [-0.39, 0.29) is 28.8 Å². The maximum Gasteiger partial charge on any atom is 0.341 e. The maximum atomic E-state index is 11.3. The fourth-order valence-corrected chi connectivity index (χ4v) is 3.76. The van der Waals surface area contributed by atoms with Gasteiger partial charge in [-0.1, -0.05) is 0 Å². The zero-order chi connectivity index (χ0) is 13.2. The molecule has 8 heteroatoms. The summed E-state index contributed by atoms with van der Waals surface area (Å²) in [5.41, 5.74) is -0.0154. The largest absolute Gasteiger partial charge is 0.477 e. The van der Waals surface area contributed by atoms with E-state index in [1.54, 1.807) is 0 Å². The molecule has 98 valence electrons. The molecule has 1 saturated heterocycles. The first-order valence-electron chi connectivity index (χ1n) is 5.45. The summed E-state index contributed by atoms with van der Waals surface area (Å²) in [6, 6.07) is 0. The molecule has 1 unspecified atom stereocenters. The van der Waals surface area contributed by atoms with Crippen molar-refractivity contribution in [2.45, 2.75) is 6.42 Å². The Morgan fingerprint density at radius 3 is 2.94 bits per heavy atom. The van der Waals surface area contributed by atoms with Crippen molar-refractivity contribution in [1.29, 1.82) is 0 Å². The lowest BCUT2D eigenvalue weighted by molar-refractivity contribution is 0.0697. The molecule has 1 fully saturated rings. The Morgan fingerprint density at radius 1 is 1.56 bits per heavy atom. The second-order valence-corrected chi connectivity index (χ2v) is 6.47. The van der Waals surface area contributed by atoms with Gasteiger partial charge in [0.05, 0.1) is 11.5 Å². The fraction of sp³-hybridized carbons (Fsp3) is 0.500. The van der Waals surface area contributed by atoms with Crippen LogP contribution in [0.2, 0.25) is 0 Å². The van der Waals surface area contributed by atoms with Gasteiger partial charge in [0.15, 0.2) is 9.84 Å². The number of hydrogen-bond acceptors (Lipinski definition) is 6. The van der Waals surface area contributed by atoms with E-state index < -0.39 is 15.8 Å². The Kier molecular flexibility index (Phi) is 3.46. The van der Waals surface area contributed by atoms with Crippen molar-refractivity contribution in [1.82, 2.24) is 9.97 Å². The third-order valence-corrected chi connectivity index (χ3v) is 4.66. The van der Waals surface area contributed by atoms with Crippen molar-refractivity contribution in [3.8, 4) is 0 Å². The van der Waals surface area contributed by atoms with Crippen LogP contribution in [0.3, 0.4) is 0 Å². The van der Waals surface area contributed by atoms with Gasteiger partial charge in [-0.05, 0) is 12.3 Å². The van der Waals surface area contributed by atoms with Crippen LogP contribution in [0.25, 0.3) is 0 Å². The Hall–Kier alpha value is -1.70. The summed E-state index contributed by atoms with van der Waals surface area (Å²) in [6.45, 7) is 0.399. The van der Waals surface area contributed by atoms with Crippen LogP contribution in [0.4, 0.5) is 5.82 Å². The van der Waals surface area contributed by atoms with Crippen molar-refractivity contribution in [2.24, 2.45) is 5.92 Å². The average molecular weight is 271 g/mol. The zero-order valence-electron chi connectivity index (χ0n) is 9.54. The fourth-order valence-electron chi connectivity index (χ4n) is 1.90. The minimum absolute atomic E-state index is 0.00612. The number of anilines is 1. The summed E-state index contributed by atoms with van der Waals surface area (Å²) in [5, 5.41) is 11.8. The first-order valence-corrected chi connectivity index (χ1v) is 7.27. The van der Waals surface area contributed by atoms with Crippen LogP contribution in [-0.4, -0.2) is 47.5 Å². The highest BCUT2D eigenvalue weighted by atomic mass is 32.2. The van der Waals surface area contributed by atoms with Gasteiger partial charge in [0.2, 0.25) is 0 Å². The molecule has 1 aromatic rings. The maximum absolute atomic E-state index is 11.3. The van der Waals surface area contributed by atoms with Gasteiger partial charge in [-0.15, -0.1) is 0 Å². The first kappa shape index (κ1) is 12.7. The second kappa shape index (κ2) is 4.89. The van der Waals surface area contributed by atoms with Crippen LogP contribution >= 0.6 is 0 Å². The predicted molar refractivity (Wildman–Crippen MR) is 64.2 cm³/mol. The number of nitrogens with one attached hydrogen (secondary N) is 1. The Morgan fingerprint density at radius 2 is 2.33 bits per heavy atom. The van der Waals surface area contributed by atoms with E-state index in [4.69, 9.17) is 5.11 Å². The van der Waals surface area contributed by atoms with Gasteiger partial charge in [-0.25, -0.2) is 23.2 Å². The predicted octanol–water partition coefficient (Wildman–Crippen LogP) is 0.0214. The number of carboxylic acid groups (broad SMARTS) is 1. The average Bonchev–Trinajstić information content (AvgIpc) is 2.66. The standard InChI is InChI=1S/C10H13N3O4S/c14-10(15)8-4-11-6-13-9(8)12-3-7-1-2-18(16,17)5-7/h4,6-7H,1-3,5H2,(H,14,15)(H,11,12,13). The van der Waals surface area contributed by atoms with Gasteiger partial charge in [0.1, 0.15) is 17.7 Å². The third-order valence-electron chi connectivity index (χ3n) is 2.83. The minimum atomic E-state index is -2.92. The van der Waals surface area contributed by atoms with Gasteiger partial charge in [-0.3, -0.25) is 0 Å². The zero-order valence-corrected chi connectivity index (χ0v) is 10.4. The molecule has 1 atom stereocenters. The highest BCUT2D eigenvalue weighted by Crippen LogP contribution is 2.19. The summed E-state index contributed by atoms with van der Waals surface area (Å²) in [6.07, 6.45) is 3.06. The molecule has 2 rings (SSSR count). The number of sulfone groups is 1. The molecule has 2 heterocycles. The Balaban J connectivity index is 2.01. The quantitative estimate of drug-likeness (QED) is 0.794. The van der Waals surface area contributed by atoms with Gasteiger partial charge in [-0.2, -0.15) is 0 Å². The monoisotopic (exact) mass is 271 g/mol. The SMILES string of the molecule is O=C(O)c1cncnc1NCC1CCS(=O)(=O)C1. The number of carboxylic acids is 1. The molecule has 0 spiro atoms. The van der Waals surface area contributed by atoms with Crippen LogP contribution in [0, 0.1) is 5.92 Å². The lowest BCUT2D eigenvalue weighted by atomic mass is 10.1. The van der Waals surface area contributed by atoms with Crippen molar-refractivity contribution in [2.75, 3.05) is 23.4 Å². The molecule has 1 aliphatic heterocycles. The Labute approximate surface area is 104 Å². The van der Waals surface area contributed by atoms with E-state index in [9.17, 15) is 13.2 Å². The summed E-state index contributed by atoms with van der Waals surface area (Å²) in [5.74, 6) is -0.534. The molecule has 0 aromatic carbocycles. The molecule has 18 heavy (non-hydrogen) atoms. The number of aromatic carboxylic acids is 1. The minimum Gasteiger partial charge on any atom is -0.477 e. The van der Waals surface area contributed by atoms with Crippen molar-refractivity contribution in [3.05, 3.63) is 18.1 Å². The topological polar surface area (TPSA) is 109 Å². The molecular weight excluding hydrogens is 258 g/mol. The lowest BCUT2D eigenvalue weighted by Crippen LogP contribution is -2.18. The van der Waals surface area contributed by atoms with Crippen LogP contribution in [0.15, 0.2) is 12.5 Å². The first-order chi connectivity index (χ1) is 8.48. The molecule has 2 N–H and O–H groups in total. The number of aromatic nitrogens is 2. The smallest absolute Gasteiger partial charge is 0.341 e. The van der Waals surface area contributed by atoms with Crippen molar-refractivity contribution in [3.63, 3.8) is 0 Å². The van der Waals surface area contributed by atoms with E-state index >= 15 is 0 Å². The van der Waals surface area contributed by atoms with Crippen molar-refractivity contribution >= 4 is 21.6 Å². The molecule has 1 aromatic heterocycles. The molecule has 0 amide bonds. The molecule has 7 nitrogen and oxygen atoms in total. The van der Waals surface area contributed by atoms with Crippen LogP contribution in [0.5, 0.6) is 0 Å². The van der Waals surface area contributed by atoms with Crippen LogP contribution in [-0.2, 0) is 9.84 Å². The molecule has 1 aliphatic rings. The van der Waals surface area contributed by atoms with Crippen LogP contribution in [0.1, 0.15) is 16.8 Å². The summed E-state index contributed by atoms with van der Waals surface area (Å²) in [4.78, 5) is 18.4. The molecular formula is C10H13N3O4S. The lowest BCUT2D eigenvalue weighted by Gasteiger charge is -2.11. The van der Waals surface area contributed by atoms with E-state index in [2.05, 4.69) is 15.3 Å². The molecule has 0 bridgehead atoms. The number of rotatable bonds is 4. The van der Waals surface area contributed by atoms with E-state index in [0.29, 0.717) is 13.0 Å². The number of carbonyl (C=O) groups is 1. The second-order valence-electron chi connectivity index (χ2n) is 4.24. The summed E-state index contributed by atoms with van der Waals surface area (Å²) in [7, 11) is -2.92. The summed E-state index contributed by atoms with van der Waals surface area (Å²) < 4.78 is 22.6. The highest BCUT2D eigenvalue weighted by molar-refractivity contribution is 7.91. The van der Waals surface area contributed by atoms with E-state index in [1.165, 1.54) is 12.5 Å². The van der Waals surface area contributed by atoms with Crippen molar-refractivity contribution < 1.29 is 18.3 Å². The third kappa shape index (κ3) is 2.95. The number of nitrogens with zero attached hydrogens (tertiary/aromatic N) is 2. The van der Waals surface area contributed by atoms with Gasteiger partial charge in [0, 0.05) is 12.7 Å². The van der Waals surface area contributed by atoms with E-state index in [1.807, 2.05) is 0 Å². The van der Waals surface area contributed by atoms with Gasteiger partial charge in [0.25, 0.3) is 0 Å². The van der Waals surface area contributed by atoms with Gasteiger partial charge >= 0.3 is 5.97 Å². The number of hydrogen-bond donors (Lipinski definition) is 2.